The number of rotatable bonds is 5. The molecule has 5 nitrogen and oxygen atoms in total. The average Bonchev–Trinajstić information content (AvgIpc) is 2.98. The Kier molecular flexibility index (Phi) is 4.67. The Hall–Kier alpha value is -1.82. The number of amides is 1. The summed E-state index contributed by atoms with van der Waals surface area (Å²) in [5.74, 6) is 1.04. The number of ether oxygens (including phenoxy) is 2. The minimum Gasteiger partial charge on any atom is -0.497 e. The second kappa shape index (κ2) is 6.30. The zero-order valence-corrected chi connectivity index (χ0v) is 13.1. The number of hydrogen-bond acceptors (Lipinski definition) is 4. The molecule has 0 aromatic heterocycles. The van der Waals surface area contributed by atoms with E-state index < -0.39 is 5.41 Å². The summed E-state index contributed by atoms with van der Waals surface area (Å²) in [6, 6.07) is 5.24. The van der Waals surface area contributed by atoms with Crippen molar-refractivity contribution in [1.29, 1.82) is 0 Å². The van der Waals surface area contributed by atoms with Crippen LogP contribution in [-0.4, -0.2) is 25.1 Å². The van der Waals surface area contributed by atoms with Crippen molar-refractivity contribution in [3.05, 3.63) is 18.2 Å². The number of thiocarbonyl (C=S) groups is 1. The van der Waals surface area contributed by atoms with Gasteiger partial charge in [0.2, 0.25) is 5.91 Å². The molecule has 2 rings (SSSR count). The predicted molar refractivity (Wildman–Crippen MR) is 85.9 cm³/mol. The molecule has 1 aliphatic rings. The van der Waals surface area contributed by atoms with Crippen LogP contribution in [0.25, 0.3) is 0 Å². The van der Waals surface area contributed by atoms with Crippen molar-refractivity contribution < 1.29 is 14.3 Å². The molecule has 0 radical (unpaired) electrons. The van der Waals surface area contributed by atoms with Crippen molar-refractivity contribution in [3.63, 3.8) is 0 Å². The van der Waals surface area contributed by atoms with E-state index in [4.69, 9.17) is 27.4 Å². The summed E-state index contributed by atoms with van der Waals surface area (Å²) >= 11 is 5.13. The predicted octanol–water partition coefficient (Wildman–Crippen LogP) is 2.49. The van der Waals surface area contributed by atoms with Crippen LogP contribution in [0.4, 0.5) is 5.69 Å². The largest absolute Gasteiger partial charge is 0.497 e. The number of methoxy groups -OCH3 is 2. The highest BCUT2D eigenvalue weighted by Gasteiger charge is 2.44. The summed E-state index contributed by atoms with van der Waals surface area (Å²) in [6.07, 6.45) is 3.31. The molecule has 0 atom stereocenters. The van der Waals surface area contributed by atoms with Gasteiger partial charge < -0.3 is 20.5 Å². The fraction of sp³-hybridized carbons (Fsp3) is 0.467. The minimum atomic E-state index is -0.747. The first-order chi connectivity index (χ1) is 10.0. The summed E-state index contributed by atoms with van der Waals surface area (Å²) < 4.78 is 10.4. The molecule has 0 saturated heterocycles. The van der Waals surface area contributed by atoms with E-state index in [0.29, 0.717) is 30.0 Å². The molecule has 0 unspecified atom stereocenters. The summed E-state index contributed by atoms with van der Waals surface area (Å²) in [6.45, 7) is 0. The van der Waals surface area contributed by atoms with E-state index in [0.717, 1.165) is 12.8 Å². The highest BCUT2D eigenvalue weighted by molar-refractivity contribution is 7.80. The highest BCUT2D eigenvalue weighted by atomic mass is 32.1. The molecule has 1 aliphatic carbocycles. The SMILES string of the molecule is COc1ccc(OC)c(NC(=O)C2(C(N)=S)CCCC2)c1. The first-order valence-corrected chi connectivity index (χ1v) is 7.28. The smallest absolute Gasteiger partial charge is 0.237 e. The fourth-order valence-corrected chi connectivity index (χ4v) is 3.01. The number of benzene rings is 1. The Balaban J connectivity index is 2.28. The van der Waals surface area contributed by atoms with E-state index in [-0.39, 0.29) is 10.9 Å². The number of carbonyl (C=O) groups excluding carboxylic acids is 1. The highest BCUT2D eigenvalue weighted by Crippen LogP contribution is 2.40. The van der Waals surface area contributed by atoms with Crippen molar-refractivity contribution in [1.82, 2.24) is 0 Å². The number of nitrogens with one attached hydrogen (secondary N) is 1. The summed E-state index contributed by atoms with van der Waals surface area (Å²) in [4.78, 5) is 12.9. The van der Waals surface area contributed by atoms with E-state index >= 15 is 0 Å². The van der Waals surface area contributed by atoms with Crippen molar-refractivity contribution in [2.75, 3.05) is 19.5 Å². The molecule has 0 aliphatic heterocycles. The van der Waals surface area contributed by atoms with Crippen LogP contribution in [0.15, 0.2) is 18.2 Å². The van der Waals surface area contributed by atoms with Gasteiger partial charge in [-0.3, -0.25) is 4.79 Å². The molecule has 3 N–H and O–H groups in total. The van der Waals surface area contributed by atoms with Crippen LogP contribution < -0.4 is 20.5 Å². The molecular formula is C15H20N2O3S. The zero-order chi connectivity index (χ0) is 15.5. The van der Waals surface area contributed by atoms with Crippen LogP contribution in [0.5, 0.6) is 11.5 Å². The standard InChI is InChI=1S/C15H20N2O3S/c1-19-10-5-6-12(20-2)11(9-10)17-14(18)15(13(16)21)7-3-4-8-15/h5-6,9H,3-4,7-8H2,1-2H3,(H2,16,21)(H,17,18). The van der Waals surface area contributed by atoms with Crippen molar-refractivity contribution in [3.8, 4) is 11.5 Å². The maximum Gasteiger partial charge on any atom is 0.237 e. The molecule has 1 saturated carbocycles. The van der Waals surface area contributed by atoms with Gasteiger partial charge in [-0.05, 0) is 25.0 Å². The third-order valence-electron chi connectivity index (χ3n) is 4.02. The molecule has 1 aromatic carbocycles. The third-order valence-corrected chi connectivity index (χ3v) is 4.41. The molecule has 0 bridgehead atoms. The molecule has 0 heterocycles. The topological polar surface area (TPSA) is 73.6 Å². The number of carbonyl (C=O) groups is 1. The third kappa shape index (κ3) is 2.95. The van der Waals surface area contributed by atoms with Crippen LogP contribution in [-0.2, 0) is 4.79 Å². The lowest BCUT2D eigenvalue weighted by Gasteiger charge is -2.26. The van der Waals surface area contributed by atoms with E-state index in [1.807, 2.05) is 0 Å². The Morgan fingerprint density at radius 2 is 1.95 bits per heavy atom. The van der Waals surface area contributed by atoms with Gasteiger partial charge in [0.25, 0.3) is 0 Å². The van der Waals surface area contributed by atoms with Gasteiger partial charge in [-0.2, -0.15) is 0 Å². The van der Waals surface area contributed by atoms with Gasteiger partial charge in [-0.1, -0.05) is 25.1 Å². The van der Waals surface area contributed by atoms with Crippen LogP contribution in [0.3, 0.4) is 0 Å². The second-order valence-corrected chi connectivity index (χ2v) is 5.61. The zero-order valence-electron chi connectivity index (χ0n) is 12.3. The van der Waals surface area contributed by atoms with Crippen molar-refractivity contribution in [2.45, 2.75) is 25.7 Å². The number of nitrogens with two attached hydrogens (primary N) is 1. The monoisotopic (exact) mass is 308 g/mol. The molecule has 21 heavy (non-hydrogen) atoms. The quantitative estimate of drug-likeness (QED) is 0.818. The Labute approximate surface area is 129 Å². The van der Waals surface area contributed by atoms with Gasteiger partial charge in [0, 0.05) is 6.07 Å². The van der Waals surface area contributed by atoms with Gasteiger partial charge in [-0.15, -0.1) is 0 Å². The van der Waals surface area contributed by atoms with Crippen LogP contribution in [0.2, 0.25) is 0 Å². The van der Waals surface area contributed by atoms with E-state index in [1.54, 1.807) is 32.4 Å². The Morgan fingerprint density at radius 1 is 1.29 bits per heavy atom. The maximum absolute atomic E-state index is 12.7. The fourth-order valence-electron chi connectivity index (χ4n) is 2.72. The van der Waals surface area contributed by atoms with E-state index in [2.05, 4.69) is 5.32 Å². The normalized spacial score (nSPS) is 16.3. The molecule has 0 spiro atoms. The Bertz CT molecular complexity index is 554. The number of anilines is 1. The molecule has 1 aromatic rings. The van der Waals surface area contributed by atoms with Crippen LogP contribution >= 0.6 is 12.2 Å². The summed E-state index contributed by atoms with van der Waals surface area (Å²) in [5, 5.41) is 2.89. The van der Waals surface area contributed by atoms with Gasteiger partial charge in [-0.25, -0.2) is 0 Å². The van der Waals surface area contributed by atoms with E-state index in [9.17, 15) is 4.79 Å². The van der Waals surface area contributed by atoms with Gasteiger partial charge in [0.15, 0.2) is 0 Å². The average molecular weight is 308 g/mol. The second-order valence-electron chi connectivity index (χ2n) is 5.17. The summed E-state index contributed by atoms with van der Waals surface area (Å²) in [7, 11) is 3.12. The van der Waals surface area contributed by atoms with E-state index in [1.165, 1.54) is 0 Å². The van der Waals surface area contributed by atoms with Crippen LogP contribution in [0.1, 0.15) is 25.7 Å². The summed E-state index contributed by atoms with van der Waals surface area (Å²) in [5.41, 5.74) is 5.64. The van der Waals surface area contributed by atoms with Gasteiger partial charge >= 0.3 is 0 Å². The lowest BCUT2D eigenvalue weighted by Crippen LogP contribution is -2.44. The molecular weight excluding hydrogens is 288 g/mol. The van der Waals surface area contributed by atoms with Crippen molar-refractivity contribution >= 4 is 28.8 Å². The molecule has 114 valence electrons. The molecule has 1 fully saturated rings. The van der Waals surface area contributed by atoms with Gasteiger partial charge in [0.1, 0.15) is 11.5 Å². The first kappa shape index (κ1) is 15.6. The molecule has 1 amide bonds. The maximum atomic E-state index is 12.7. The van der Waals surface area contributed by atoms with Gasteiger partial charge in [0.05, 0.1) is 30.3 Å². The molecule has 6 heteroatoms. The lowest BCUT2D eigenvalue weighted by atomic mass is 9.85. The first-order valence-electron chi connectivity index (χ1n) is 6.87. The van der Waals surface area contributed by atoms with Crippen LogP contribution in [0, 0.1) is 5.41 Å². The number of hydrogen-bond donors (Lipinski definition) is 2. The van der Waals surface area contributed by atoms with Crippen molar-refractivity contribution in [2.24, 2.45) is 11.1 Å². The lowest BCUT2D eigenvalue weighted by molar-refractivity contribution is -0.122. The minimum absolute atomic E-state index is 0.168. The Morgan fingerprint density at radius 3 is 2.48 bits per heavy atom.